The van der Waals surface area contributed by atoms with Crippen LogP contribution in [0.5, 0.6) is 5.75 Å². The molecule has 0 spiro atoms. The van der Waals surface area contributed by atoms with Crippen LogP contribution in [0.2, 0.25) is 0 Å². The minimum atomic E-state index is -0.176. The lowest BCUT2D eigenvalue weighted by Gasteiger charge is -2.18. The lowest BCUT2D eigenvalue weighted by molar-refractivity contribution is 0.102. The number of rotatable bonds is 3. The molecule has 0 bridgehead atoms. The summed E-state index contributed by atoms with van der Waals surface area (Å²) in [6.07, 6.45) is 6.28. The number of nitrogens with one attached hydrogen (secondary N) is 1. The van der Waals surface area contributed by atoms with Crippen molar-refractivity contribution in [2.45, 2.75) is 63.9 Å². The Balaban J connectivity index is 1.51. The van der Waals surface area contributed by atoms with E-state index in [1.54, 1.807) is 0 Å². The van der Waals surface area contributed by atoms with Crippen LogP contribution in [0.4, 0.5) is 5.13 Å². The molecule has 1 N–H and O–H groups in total. The Bertz CT molecular complexity index is 783. The normalized spacial score (nSPS) is 23.1. The first-order valence-electron chi connectivity index (χ1n) is 9.08. The number of aromatic nitrogens is 2. The number of hydrogen-bond donors (Lipinski definition) is 1. The molecule has 1 saturated carbocycles. The van der Waals surface area contributed by atoms with Crippen molar-refractivity contribution < 1.29 is 9.53 Å². The van der Waals surface area contributed by atoms with E-state index >= 15 is 0 Å². The van der Waals surface area contributed by atoms with Gasteiger partial charge in [-0.3, -0.25) is 10.1 Å². The number of ether oxygens (including phenoxy) is 1. The molecule has 2 aliphatic rings. The fourth-order valence-electron chi connectivity index (χ4n) is 3.73. The third-order valence-electron chi connectivity index (χ3n) is 5.40. The van der Waals surface area contributed by atoms with Crippen molar-refractivity contribution in [1.82, 2.24) is 10.2 Å². The van der Waals surface area contributed by atoms with E-state index in [1.807, 2.05) is 25.1 Å². The Hall–Kier alpha value is -1.95. The minimum absolute atomic E-state index is 0.0865. The zero-order valence-electron chi connectivity index (χ0n) is 14.6. The van der Waals surface area contributed by atoms with Crippen molar-refractivity contribution >= 4 is 22.4 Å². The van der Waals surface area contributed by atoms with E-state index in [9.17, 15) is 4.79 Å². The molecule has 6 heteroatoms. The van der Waals surface area contributed by atoms with E-state index in [-0.39, 0.29) is 12.0 Å². The molecule has 132 valence electrons. The van der Waals surface area contributed by atoms with Crippen molar-refractivity contribution in [3.63, 3.8) is 0 Å². The number of anilines is 1. The van der Waals surface area contributed by atoms with Gasteiger partial charge in [0.25, 0.3) is 5.91 Å². The van der Waals surface area contributed by atoms with Gasteiger partial charge >= 0.3 is 0 Å². The summed E-state index contributed by atoms with van der Waals surface area (Å²) >= 11 is 1.50. The predicted molar refractivity (Wildman–Crippen MR) is 98.6 cm³/mol. The highest BCUT2D eigenvalue weighted by Crippen LogP contribution is 2.40. The molecule has 1 amide bonds. The first-order chi connectivity index (χ1) is 12.1. The molecule has 4 rings (SSSR count). The summed E-state index contributed by atoms with van der Waals surface area (Å²) in [6.45, 7) is 4.16. The lowest BCUT2D eigenvalue weighted by Crippen LogP contribution is -2.14. The van der Waals surface area contributed by atoms with Gasteiger partial charge in [-0.25, -0.2) is 0 Å². The van der Waals surface area contributed by atoms with Gasteiger partial charge < -0.3 is 4.74 Å². The van der Waals surface area contributed by atoms with Gasteiger partial charge in [0.2, 0.25) is 5.13 Å². The lowest BCUT2D eigenvalue weighted by atomic mass is 9.90. The molecule has 2 atom stereocenters. The smallest absolute Gasteiger partial charge is 0.261 e. The zero-order chi connectivity index (χ0) is 17.4. The van der Waals surface area contributed by atoms with Gasteiger partial charge in [-0.1, -0.05) is 49.7 Å². The first kappa shape index (κ1) is 16.5. The van der Waals surface area contributed by atoms with Gasteiger partial charge in [-0.15, -0.1) is 10.2 Å². The van der Waals surface area contributed by atoms with E-state index in [0.29, 0.717) is 28.3 Å². The van der Waals surface area contributed by atoms with Gasteiger partial charge in [0.05, 0.1) is 5.56 Å². The Labute approximate surface area is 151 Å². The van der Waals surface area contributed by atoms with Crippen molar-refractivity contribution in [1.29, 1.82) is 0 Å². The number of para-hydroxylation sites is 1. The Morgan fingerprint density at radius 3 is 2.80 bits per heavy atom. The quantitative estimate of drug-likeness (QED) is 0.863. The number of hydrogen-bond acceptors (Lipinski definition) is 5. The number of nitrogens with zero attached hydrogens (tertiary/aromatic N) is 2. The summed E-state index contributed by atoms with van der Waals surface area (Å²) in [4.78, 5) is 12.7. The van der Waals surface area contributed by atoms with Crippen LogP contribution in [0.1, 0.15) is 78.7 Å². The van der Waals surface area contributed by atoms with Crippen LogP contribution in [0.3, 0.4) is 0 Å². The van der Waals surface area contributed by atoms with E-state index in [4.69, 9.17) is 4.74 Å². The van der Waals surface area contributed by atoms with Crippen molar-refractivity contribution in [2.75, 3.05) is 5.32 Å². The molecule has 25 heavy (non-hydrogen) atoms. The molecular formula is C19H23N3O2S. The van der Waals surface area contributed by atoms with Gasteiger partial charge in [0.15, 0.2) is 0 Å². The number of fused-ring (bicyclic) bond motifs is 1. The summed E-state index contributed by atoms with van der Waals surface area (Å²) in [6, 6.07) is 5.76. The third kappa shape index (κ3) is 3.15. The second-order valence-corrected chi connectivity index (χ2v) is 8.08. The van der Waals surface area contributed by atoms with Gasteiger partial charge in [-0.05, 0) is 25.8 Å². The van der Waals surface area contributed by atoms with E-state index in [1.165, 1.54) is 43.4 Å². The van der Waals surface area contributed by atoms with E-state index in [2.05, 4.69) is 22.4 Å². The van der Waals surface area contributed by atoms with Crippen LogP contribution in [-0.2, 0) is 0 Å². The summed E-state index contributed by atoms with van der Waals surface area (Å²) < 4.78 is 5.92. The Morgan fingerprint density at radius 2 is 2.00 bits per heavy atom. The largest absolute Gasteiger partial charge is 0.489 e. The highest BCUT2D eigenvalue weighted by molar-refractivity contribution is 7.15. The van der Waals surface area contributed by atoms with Crippen LogP contribution in [-0.4, -0.2) is 22.2 Å². The van der Waals surface area contributed by atoms with Gasteiger partial charge in [0, 0.05) is 17.4 Å². The fourth-order valence-corrected chi connectivity index (χ4v) is 4.64. The maximum Gasteiger partial charge on any atom is 0.261 e. The van der Waals surface area contributed by atoms with Crippen LogP contribution in [0.15, 0.2) is 18.2 Å². The monoisotopic (exact) mass is 357 g/mol. The summed E-state index contributed by atoms with van der Waals surface area (Å²) in [7, 11) is 0. The summed E-state index contributed by atoms with van der Waals surface area (Å²) in [5.41, 5.74) is 1.67. The molecule has 1 aromatic heterocycles. The molecule has 1 fully saturated rings. The van der Waals surface area contributed by atoms with Crippen molar-refractivity contribution in [2.24, 2.45) is 0 Å². The average Bonchev–Trinajstić information content (AvgIpc) is 3.21. The fraction of sp³-hybridized carbons (Fsp3) is 0.526. The molecule has 0 radical (unpaired) electrons. The Morgan fingerprint density at radius 1 is 1.20 bits per heavy atom. The number of carbonyl (C=O) groups excluding carboxylic acids is 1. The van der Waals surface area contributed by atoms with Gasteiger partial charge in [-0.2, -0.15) is 0 Å². The van der Waals surface area contributed by atoms with Crippen LogP contribution in [0, 0.1) is 0 Å². The third-order valence-corrected chi connectivity index (χ3v) is 6.41. The van der Waals surface area contributed by atoms with Crippen molar-refractivity contribution in [3.05, 3.63) is 34.3 Å². The number of carbonyl (C=O) groups is 1. The van der Waals surface area contributed by atoms with Crippen molar-refractivity contribution in [3.8, 4) is 5.75 Å². The van der Waals surface area contributed by atoms with E-state index in [0.717, 1.165) is 10.6 Å². The highest BCUT2D eigenvalue weighted by atomic mass is 32.1. The number of amides is 1. The summed E-state index contributed by atoms with van der Waals surface area (Å²) in [5.74, 6) is 1.33. The zero-order valence-corrected chi connectivity index (χ0v) is 15.4. The molecule has 5 nitrogen and oxygen atoms in total. The topological polar surface area (TPSA) is 64.1 Å². The minimum Gasteiger partial charge on any atom is -0.489 e. The van der Waals surface area contributed by atoms with E-state index < -0.39 is 0 Å². The maximum absolute atomic E-state index is 12.7. The molecular weight excluding hydrogens is 334 g/mol. The van der Waals surface area contributed by atoms with Crippen LogP contribution >= 0.6 is 11.3 Å². The second kappa shape index (κ2) is 6.75. The second-order valence-electron chi connectivity index (χ2n) is 7.07. The average molecular weight is 357 g/mol. The SMILES string of the molecule is CC1Oc2c(C(=O)Nc3nnc(C4CCCCC4)s3)cccc2C1C. The van der Waals surface area contributed by atoms with Crippen LogP contribution < -0.4 is 10.1 Å². The predicted octanol–water partition coefficient (Wildman–Crippen LogP) is 4.72. The molecule has 1 aliphatic carbocycles. The highest BCUT2D eigenvalue weighted by Gasteiger charge is 2.31. The Kier molecular flexibility index (Phi) is 4.46. The molecule has 1 aliphatic heterocycles. The van der Waals surface area contributed by atoms with Gasteiger partial charge in [0.1, 0.15) is 16.9 Å². The maximum atomic E-state index is 12.7. The number of benzene rings is 1. The molecule has 1 aromatic carbocycles. The first-order valence-corrected chi connectivity index (χ1v) is 9.89. The molecule has 0 saturated heterocycles. The standard InChI is InChI=1S/C19H23N3O2S/c1-11-12(2)24-16-14(11)9-6-10-15(16)17(23)20-19-22-21-18(25-19)13-7-4-3-5-8-13/h6,9-13H,3-5,7-8H2,1-2H3,(H,20,22,23). The van der Waals surface area contributed by atoms with Crippen LogP contribution in [0.25, 0.3) is 0 Å². The summed E-state index contributed by atoms with van der Waals surface area (Å²) in [5, 5.41) is 13.0. The molecule has 2 heterocycles. The molecule has 2 unspecified atom stereocenters. The molecule has 2 aromatic rings.